The van der Waals surface area contributed by atoms with Gasteiger partial charge in [0.25, 0.3) is 0 Å². The zero-order valence-electron chi connectivity index (χ0n) is 12.4. The smallest absolute Gasteiger partial charge is 0.317 e. The lowest BCUT2D eigenvalue weighted by Gasteiger charge is -2.32. The van der Waals surface area contributed by atoms with Crippen LogP contribution in [0.1, 0.15) is 39.5 Å². The van der Waals surface area contributed by atoms with Crippen LogP contribution in [-0.2, 0) is 4.74 Å². The van der Waals surface area contributed by atoms with Crippen LogP contribution in [-0.4, -0.2) is 55.5 Å². The predicted molar refractivity (Wildman–Crippen MR) is 75.1 cm³/mol. The number of urea groups is 1. The maximum atomic E-state index is 12.0. The number of nitrogens with zero attached hydrogens (tertiary/aromatic N) is 1. The second-order valence-corrected chi connectivity index (χ2v) is 6.10. The number of likely N-dealkylation sites (tertiary alicyclic amines) is 1. The number of rotatable bonds is 6. The molecule has 19 heavy (non-hydrogen) atoms. The van der Waals surface area contributed by atoms with E-state index in [1.54, 1.807) is 7.11 Å². The van der Waals surface area contributed by atoms with Gasteiger partial charge in [0.05, 0.1) is 6.10 Å². The zero-order chi connectivity index (χ0) is 14.3. The molecule has 0 spiro atoms. The summed E-state index contributed by atoms with van der Waals surface area (Å²) in [5, 5.41) is 12.1. The molecule has 2 N–H and O–H groups in total. The van der Waals surface area contributed by atoms with Crippen molar-refractivity contribution >= 4 is 6.03 Å². The highest BCUT2D eigenvalue weighted by Crippen LogP contribution is 2.20. The number of carbonyl (C=O) groups is 1. The highest BCUT2D eigenvalue weighted by Gasteiger charge is 2.23. The van der Waals surface area contributed by atoms with Gasteiger partial charge in [-0.05, 0) is 31.1 Å². The van der Waals surface area contributed by atoms with E-state index in [1.165, 1.54) is 0 Å². The molecule has 0 aromatic rings. The molecule has 0 bridgehead atoms. The van der Waals surface area contributed by atoms with E-state index in [0.717, 1.165) is 32.2 Å². The number of carbonyl (C=O) groups excluding carboxylic acids is 1. The number of nitrogens with one attached hydrogen (secondary N) is 1. The molecule has 1 fully saturated rings. The minimum absolute atomic E-state index is 0.00329. The Balaban J connectivity index is 2.20. The van der Waals surface area contributed by atoms with E-state index in [0.29, 0.717) is 13.1 Å². The SMILES string of the molecule is COC1CCCN(C(=O)NCCCC(C)(C)CO)C1. The Bertz CT molecular complexity index is 282. The van der Waals surface area contributed by atoms with Crippen molar-refractivity contribution < 1.29 is 14.6 Å². The van der Waals surface area contributed by atoms with Crippen molar-refractivity contribution in [1.29, 1.82) is 0 Å². The maximum absolute atomic E-state index is 12.0. The molecule has 0 aromatic heterocycles. The van der Waals surface area contributed by atoms with Gasteiger partial charge in [-0.15, -0.1) is 0 Å². The van der Waals surface area contributed by atoms with E-state index in [4.69, 9.17) is 9.84 Å². The third kappa shape index (κ3) is 5.78. The van der Waals surface area contributed by atoms with Crippen LogP contribution in [0, 0.1) is 5.41 Å². The minimum Gasteiger partial charge on any atom is -0.396 e. The fourth-order valence-electron chi connectivity index (χ4n) is 2.27. The van der Waals surface area contributed by atoms with Crippen molar-refractivity contribution in [3.8, 4) is 0 Å². The van der Waals surface area contributed by atoms with Crippen LogP contribution in [0.5, 0.6) is 0 Å². The first-order valence-corrected chi connectivity index (χ1v) is 7.15. The summed E-state index contributed by atoms with van der Waals surface area (Å²) < 4.78 is 5.31. The number of hydrogen-bond donors (Lipinski definition) is 2. The molecule has 5 nitrogen and oxygen atoms in total. The summed E-state index contributed by atoms with van der Waals surface area (Å²) in [6, 6.07) is 0.00329. The summed E-state index contributed by atoms with van der Waals surface area (Å²) >= 11 is 0. The molecular weight excluding hydrogens is 244 g/mol. The molecule has 5 heteroatoms. The number of piperidine rings is 1. The van der Waals surface area contributed by atoms with Crippen LogP contribution < -0.4 is 5.32 Å². The van der Waals surface area contributed by atoms with Crippen LogP contribution in [0.4, 0.5) is 4.79 Å². The lowest BCUT2D eigenvalue weighted by Crippen LogP contribution is -2.47. The van der Waals surface area contributed by atoms with Crippen LogP contribution in [0.15, 0.2) is 0 Å². The number of amides is 2. The van der Waals surface area contributed by atoms with Crippen LogP contribution in [0.2, 0.25) is 0 Å². The second kappa shape index (κ2) is 7.70. The molecule has 0 radical (unpaired) electrons. The Hall–Kier alpha value is -0.810. The number of aliphatic hydroxyl groups excluding tert-OH is 1. The fourth-order valence-corrected chi connectivity index (χ4v) is 2.27. The van der Waals surface area contributed by atoms with Crippen molar-refractivity contribution in [2.45, 2.75) is 45.6 Å². The van der Waals surface area contributed by atoms with Gasteiger partial charge >= 0.3 is 6.03 Å². The van der Waals surface area contributed by atoms with Crippen molar-refractivity contribution in [1.82, 2.24) is 10.2 Å². The molecule has 1 aliphatic rings. The van der Waals surface area contributed by atoms with E-state index < -0.39 is 0 Å². The molecule has 1 unspecified atom stereocenters. The van der Waals surface area contributed by atoms with Gasteiger partial charge in [-0.2, -0.15) is 0 Å². The summed E-state index contributed by atoms with van der Waals surface area (Å²) in [4.78, 5) is 13.8. The van der Waals surface area contributed by atoms with E-state index >= 15 is 0 Å². The summed E-state index contributed by atoms with van der Waals surface area (Å²) in [6.07, 6.45) is 4.01. The number of ether oxygens (including phenoxy) is 1. The molecule has 2 amide bonds. The Labute approximate surface area is 116 Å². The summed E-state index contributed by atoms with van der Waals surface area (Å²) in [5.74, 6) is 0. The Kier molecular flexibility index (Phi) is 6.58. The first-order valence-electron chi connectivity index (χ1n) is 7.15. The van der Waals surface area contributed by atoms with Gasteiger partial charge in [0.1, 0.15) is 0 Å². The lowest BCUT2D eigenvalue weighted by atomic mass is 9.89. The normalized spacial score (nSPS) is 20.4. The first-order chi connectivity index (χ1) is 8.98. The Morgan fingerprint density at radius 2 is 2.26 bits per heavy atom. The van der Waals surface area contributed by atoms with E-state index in [1.807, 2.05) is 18.7 Å². The highest BCUT2D eigenvalue weighted by atomic mass is 16.5. The van der Waals surface area contributed by atoms with Crippen molar-refractivity contribution in [3.63, 3.8) is 0 Å². The lowest BCUT2D eigenvalue weighted by molar-refractivity contribution is 0.0434. The summed E-state index contributed by atoms with van der Waals surface area (Å²) in [7, 11) is 1.70. The molecular formula is C14H28N2O3. The van der Waals surface area contributed by atoms with Gasteiger partial charge in [0, 0.05) is 33.4 Å². The number of hydrogen-bond acceptors (Lipinski definition) is 3. The number of aliphatic hydroxyl groups is 1. The quantitative estimate of drug-likeness (QED) is 0.722. The van der Waals surface area contributed by atoms with Gasteiger partial charge in [-0.3, -0.25) is 0 Å². The van der Waals surface area contributed by atoms with Crippen molar-refractivity contribution in [2.75, 3.05) is 33.4 Å². The average molecular weight is 272 g/mol. The van der Waals surface area contributed by atoms with Crippen molar-refractivity contribution in [2.24, 2.45) is 5.41 Å². The highest BCUT2D eigenvalue weighted by molar-refractivity contribution is 5.74. The van der Waals surface area contributed by atoms with Crippen molar-refractivity contribution in [3.05, 3.63) is 0 Å². The van der Waals surface area contributed by atoms with Gasteiger partial charge in [-0.1, -0.05) is 13.8 Å². The average Bonchev–Trinajstić information content (AvgIpc) is 2.43. The molecule has 1 aliphatic heterocycles. The van der Waals surface area contributed by atoms with E-state index in [2.05, 4.69) is 5.32 Å². The second-order valence-electron chi connectivity index (χ2n) is 6.10. The molecule has 1 heterocycles. The van der Waals surface area contributed by atoms with E-state index in [-0.39, 0.29) is 24.2 Å². The predicted octanol–water partition coefficient (Wildman–Crippen LogP) is 1.61. The summed E-state index contributed by atoms with van der Waals surface area (Å²) in [5.41, 5.74) is -0.0585. The molecule has 0 saturated carbocycles. The Morgan fingerprint density at radius 1 is 1.53 bits per heavy atom. The largest absolute Gasteiger partial charge is 0.396 e. The van der Waals surface area contributed by atoms with E-state index in [9.17, 15) is 4.79 Å². The van der Waals surface area contributed by atoms with Gasteiger partial charge in [0.15, 0.2) is 0 Å². The number of methoxy groups -OCH3 is 1. The van der Waals surface area contributed by atoms with Gasteiger partial charge in [0.2, 0.25) is 0 Å². The van der Waals surface area contributed by atoms with Gasteiger partial charge < -0.3 is 20.1 Å². The maximum Gasteiger partial charge on any atom is 0.317 e. The van der Waals surface area contributed by atoms with Gasteiger partial charge in [-0.25, -0.2) is 4.79 Å². The Morgan fingerprint density at radius 3 is 2.89 bits per heavy atom. The van der Waals surface area contributed by atoms with Crippen LogP contribution >= 0.6 is 0 Å². The molecule has 1 atom stereocenters. The fraction of sp³-hybridized carbons (Fsp3) is 0.929. The molecule has 0 aromatic carbocycles. The minimum atomic E-state index is -0.0585. The van der Waals surface area contributed by atoms with Crippen LogP contribution in [0.25, 0.3) is 0 Å². The third-order valence-electron chi connectivity index (χ3n) is 3.73. The topological polar surface area (TPSA) is 61.8 Å². The third-order valence-corrected chi connectivity index (χ3v) is 3.73. The monoisotopic (exact) mass is 272 g/mol. The van der Waals surface area contributed by atoms with Crippen LogP contribution in [0.3, 0.4) is 0 Å². The molecule has 0 aliphatic carbocycles. The first kappa shape index (κ1) is 16.2. The zero-order valence-corrected chi connectivity index (χ0v) is 12.4. The molecule has 112 valence electrons. The summed E-state index contributed by atoms with van der Waals surface area (Å²) in [6.45, 7) is 6.41. The molecule has 1 saturated heterocycles. The molecule has 1 rings (SSSR count). The standard InChI is InChI=1S/C14H28N2O3/c1-14(2,11-17)7-5-8-15-13(18)16-9-4-6-12(10-16)19-3/h12,17H,4-11H2,1-3H3,(H,15,18).